The van der Waals surface area contributed by atoms with Crippen LogP contribution in [0.3, 0.4) is 0 Å². The van der Waals surface area contributed by atoms with E-state index in [0.717, 1.165) is 44.7 Å². The lowest BCUT2D eigenvalue weighted by molar-refractivity contribution is 0.0695. The topological polar surface area (TPSA) is 65.8 Å². The van der Waals surface area contributed by atoms with Crippen molar-refractivity contribution in [3.05, 3.63) is 38.1 Å². The van der Waals surface area contributed by atoms with Gasteiger partial charge in [-0.15, -0.1) is 0 Å². The highest BCUT2D eigenvalue weighted by atomic mass is 35.5. The second-order valence-electron chi connectivity index (χ2n) is 7.02. The summed E-state index contributed by atoms with van der Waals surface area (Å²) < 4.78 is 1.85. The summed E-state index contributed by atoms with van der Waals surface area (Å²) in [5.41, 5.74) is 0.523. The van der Waals surface area contributed by atoms with Gasteiger partial charge in [-0.25, -0.2) is 4.79 Å². The van der Waals surface area contributed by atoms with Crippen LogP contribution in [0.2, 0.25) is 10.0 Å². The summed E-state index contributed by atoms with van der Waals surface area (Å²) in [6.45, 7) is 3.39. The number of anilines is 1. The Morgan fingerprint density at radius 1 is 1.19 bits per heavy atom. The number of halogens is 2. The lowest BCUT2D eigenvalue weighted by Gasteiger charge is -2.35. The molecule has 0 spiro atoms. The van der Waals surface area contributed by atoms with Crippen molar-refractivity contribution in [1.82, 2.24) is 9.47 Å². The molecular weight excluding hydrogens is 377 g/mol. The highest BCUT2D eigenvalue weighted by Crippen LogP contribution is 2.43. The minimum atomic E-state index is -1.23. The Labute approximate surface area is 160 Å². The standard InChI is InChI=1S/C18H19Cl2N3O3/c1-21-4-6-22(7-5-21)16-13(19)8-11-15(14(16)20)23(10-2-3-10)9-12(17(11)24)18(25)26/h8-10H,2-7H2,1H3,(H,25,26). The van der Waals surface area contributed by atoms with Crippen molar-refractivity contribution < 1.29 is 9.90 Å². The van der Waals surface area contributed by atoms with Gasteiger partial charge >= 0.3 is 5.97 Å². The molecule has 1 aromatic heterocycles. The number of carbonyl (C=O) groups is 1. The van der Waals surface area contributed by atoms with Gasteiger partial charge < -0.3 is 19.5 Å². The van der Waals surface area contributed by atoms with Crippen LogP contribution in [-0.2, 0) is 0 Å². The van der Waals surface area contributed by atoms with E-state index in [-0.39, 0.29) is 17.0 Å². The number of nitrogens with zero attached hydrogens (tertiary/aromatic N) is 3. The Bertz CT molecular complexity index is 961. The third kappa shape index (κ3) is 2.86. The van der Waals surface area contributed by atoms with Crippen LogP contribution in [0.4, 0.5) is 5.69 Å². The second-order valence-corrected chi connectivity index (χ2v) is 7.81. The summed E-state index contributed by atoms with van der Waals surface area (Å²) >= 11 is 13.2. The van der Waals surface area contributed by atoms with Gasteiger partial charge in [-0.2, -0.15) is 0 Å². The van der Waals surface area contributed by atoms with Crippen molar-refractivity contribution in [2.75, 3.05) is 38.1 Å². The molecule has 1 aromatic carbocycles. The van der Waals surface area contributed by atoms with E-state index in [2.05, 4.69) is 16.8 Å². The number of aromatic nitrogens is 1. The summed E-state index contributed by atoms with van der Waals surface area (Å²) in [6, 6.07) is 1.75. The smallest absolute Gasteiger partial charge is 0.341 e. The Hall–Kier alpha value is -1.76. The predicted molar refractivity (Wildman–Crippen MR) is 103 cm³/mol. The SMILES string of the molecule is CN1CCN(c2c(Cl)cc3c(=O)c(C(=O)O)cn(C4CC4)c3c2Cl)CC1. The molecule has 0 atom stereocenters. The molecule has 138 valence electrons. The highest BCUT2D eigenvalue weighted by Gasteiger charge is 2.30. The third-order valence-electron chi connectivity index (χ3n) is 5.17. The second kappa shape index (κ2) is 6.44. The average molecular weight is 396 g/mol. The first-order valence-electron chi connectivity index (χ1n) is 8.62. The number of hydrogen-bond acceptors (Lipinski definition) is 4. The summed E-state index contributed by atoms with van der Waals surface area (Å²) in [5, 5.41) is 10.5. The van der Waals surface area contributed by atoms with Crippen molar-refractivity contribution in [3.63, 3.8) is 0 Å². The maximum absolute atomic E-state index is 12.7. The first kappa shape index (κ1) is 17.6. The van der Waals surface area contributed by atoms with Crippen LogP contribution in [0.15, 0.2) is 17.1 Å². The molecule has 4 rings (SSSR count). The summed E-state index contributed by atoms with van der Waals surface area (Å²) in [4.78, 5) is 28.5. The van der Waals surface area contributed by atoms with E-state index in [1.165, 1.54) is 6.20 Å². The highest BCUT2D eigenvalue weighted by molar-refractivity contribution is 6.42. The van der Waals surface area contributed by atoms with Crippen LogP contribution in [0.25, 0.3) is 10.9 Å². The zero-order valence-corrected chi connectivity index (χ0v) is 15.8. The molecule has 2 fully saturated rings. The van der Waals surface area contributed by atoms with Gasteiger partial charge in [0.15, 0.2) is 0 Å². The fourth-order valence-corrected chi connectivity index (χ4v) is 4.34. The van der Waals surface area contributed by atoms with Gasteiger partial charge in [0.2, 0.25) is 5.43 Å². The van der Waals surface area contributed by atoms with Gasteiger partial charge in [-0.05, 0) is 26.0 Å². The van der Waals surface area contributed by atoms with Gasteiger partial charge in [0.05, 0.1) is 21.2 Å². The number of fused-ring (bicyclic) bond motifs is 1. The third-order valence-corrected chi connectivity index (χ3v) is 5.82. The average Bonchev–Trinajstić information content (AvgIpc) is 3.42. The van der Waals surface area contributed by atoms with E-state index < -0.39 is 11.4 Å². The van der Waals surface area contributed by atoms with Crippen molar-refractivity contribution in [3.8, 4) is 0 Å². The molecule has 1 saturated carbocycles. The molecular formula is C18H19Cl2N3O3. The van der Waals surface area contributed by atoms with Crippen LogP contribution in [0.5, 0.6) is 0 Å². The zero-order valence-electron chi connectivity index (χ0n) is 14.3. The van der Waals surface area contributed by atoms with Crippen molar-refractivity contribution in [2.24, 2.45) is 0 Å². The Morgan fingerprint density at radius 2 is 1.85 bits per heavy atom. The monoisotopic (exact) mass is 395 g/mol. The summed E-state index contributed by atoms with van der Waals surface area (Å²) in [6.07, 6.45) is 3.32. The minimum absolute atomic E-state index is 0.176. The van der Waals surface area contributed by atoms with E-state index in [1.54, 1.807) is 6.07 Å². The van der Waals surface area contributed by atoms with Gasteiger partial charge in [0, 0.05) is 43.8 Å². The van der Waals surface area contributed by atoms with E-state index in [0.29, 0.717) is 15.6 Å². The fraction of sp³-hybridized carbons (Fsp3) is 0.444. The molecule has 1 N–H and O–H groups in total. The number of benzene rings is 1. The molecule has 0 radical (unpaired) electrons. The van der Waals surface area contributed by atoms with Gasteiger partial charge in [0.1, 0.15) is 5.56 Å². The number of rotatable bonds is 3. The van der Waals surface area contributed by atoms with Crippen LogP contribution in [0, 0.1) is 0 Å². The van der Waals surface area contributed by atoms with Crippen molar-refractivity contribution >= 4 is 45.8 Å². The van der Waals surface area contributed by atoms with Crippen molar-refractivity contribution in [2.45, 2.75) is 18.9 Å². The Kier molecular flexibility index (Phi) is 4.37. The molecule has 8 heteroatoms. The maximum atomic E-state index is 12.7. The molecule has 26 heavy (non-hydrogen) atoms. The molecule has 1 saturated heterocycles. The first-order valence-corrected chi connectivity index (χ1v) is 9.37. The van der Waals surface area contributed by atoms with Crippen LogP contribution in [-0.4, -0.2) is 53.8 Å². The summed E-state index contributed by atoms with van der Waals surface area (Å²) in [7, 11) is 2.07. The van der Waals surface area contributed by atoms with Gasteiger partial charge in [-0.1, -0.05) is 23.2 Å². The van der Waals surface area contributed by atoms with Crippen LogP contribution in [0.1, 0.15) is 29.2 Å². The Morgan fingerprint density at radius 3 is 2.42 bits per heavy atom. The number of piperazine rings is 1. The number of carboxylic acid groups (broad SMARTS) is 1. The first-order chi connectivity index (χ1) is 12.4. The fourth-order valence-electron chi connectivity index (χ4n) is 3.54. The van der Waals surface area contributed by atoms with Gasteiger partial charge in [0.25, 0.3) is 0 Å². The molecule has 2 heterocycles. The minimum Gasteiger partial charge on any atom is -0.477 e. The molecule has 1 aliphatic heterocycles. The molecule has 1 aliphatic carbocycles. The predicted octanol–water partition coefficient (Wildman–Crippen LogP) is 3.09. The number of pyridine rings is 1. The largest absolute Gasteiger partial charge is 0.477 e. The number of carboxylic acids is 1. The molecule has 0 unspecified atom stereocenters. The van der Waals surface area contributed by atoms with Crippen LogP contribution >= 0.6 is 23.2 Å². The zero-order chi connectivity index (χ0) is 18.6. The normalized spacial score (nSPS) is 18.5. The molecule has 0 amide bonds. The molecule has 6 nitrogen and oxygen atoms in total. The van der Waals surface area contributed by atoms with E-state index in [4.69, 9.17) is 23.2 Å². The number of aromatic carboxylic acids is 1. The number of likely N-dealkylation sites (N-methyl/N-ethyl adjacent to an activating group) is 1. The summed E-state index contributed by atoms with van der Waals surface area (Å²) in [5.74, 6) is -1.23. The quantitative estimate of drug-likeness (QED) is 0.864. The Balaban J connectivity index is 1.97. The molecule has 0 bridgehead atoms. The number of hydrogen-bond donors (Lipinski definition) is 1. The van der Waals surface area contributed by atoms with Crippen molar-refractivity contribution in [1.29, 1.82) is 0 Å². The van der Waals surface area contributed by atoms with E-state index in [9.17, 15) is 14.7 Å². The van der Waals surface area contributed by atoms with Gasteiger partial charge in [-0.3, -0.25) is 4.79 Å². The van der Waals surface area contributed by atoms with Crippen LogP contribution < -0.4 is 10.3 Å². The lowest BCUT2D eigenvalue weighted by Crippen LogP contribution is -2.44. The molecule has 2 aliphatic rings. The lowest BCUT2D eigenvalue weighted by atomic mass is 10.1. The maximum Gasteiger partial charge on any atom is 0.341 e. The molecule has 2 aromatic rings. The van der Waals surface area contributed by atoms with E-state index in [1.807, 2.05) is 4.57 Å². The van der Waals surface area contributed by atoms with E-state index >= 15 is 0 Å².